The lowest BCUT2D eigenvalue weighted by atomic mass is 10.0. The molecule has 6 rings (SSSR count). The van der Waals surface area contributed by atoms with Crippen LogP contribution in [0, 0.1) is 12.5 Å². The van der Waals surface area contributed by atoms with E-state index >= 15 is 0 Å². The lowest BCUT2D eigenvalue weighted by Crippen LogP contribution is -2.48. The van der Waals surface area contributed by atoms with Crippen LogP contribution in [0.5, 0.6) is 11.5 Å². The molecule has 3 aromatic carbocycles. The normalized spacial score (nSPS) is 13.6. The Hall–Kier alpha value is -5.42. The number of nitrogen functional groups attached to an aromatic ring is 1. The van der Waals surface area contributed by atoms with Gasteiger partial charge < -0.3 is 19.9 Å². The number of likely N-dealkylation sites (tertiary alicyclic amines) is 1. The summed E-state index contributed by atoms with van der Waals surface area (Å²) in [5, 5.41) is 0.740. The van der Waals surface area contributed by atoms with Gasteiger partial charge in [0.05, 0.1) is 12.0 Å². The van der Waals surface area contributed by atoms with Crippen LogP contribution in [0.3, 0.4) is 0 Å². The molecule has 3 heterocycles. The number of aromatic nitrogens is 3. The molecule has 0 atom stereocenters. The summed E-state index contributed by atoms with van der Waals surface area (Å²) in [5.74, 6) is 2.11. The number of ether oxygens (including phenoxy) is 1. The van der Waals surface area contributed by atoms with Crippen molar-refractivity contribution in [1.82, 2.24) is 19.4 Å². The summed E-state index contributed by atoms with van der Waals surface area (Å²) in [6, 6.07) is 25.1. The molecule has 196 valence electrons. The van der Waals surface area contributed by atoms with Crippen LogP contribution in [0.2, 0.25) is 0 Å². The smallest absolute Gasteiger partial charge is 0.252 e. The quantitative estimate of drug-likeness (QED) is 0.210. The van der Waals surface area contributed by atoms with E-state index in [1.54, 1.807) is 11.0 Å². The van der Waals surface area contributed by atoms with Crippen LogP contribution in [-0.2, 0) is 4.79 Å². The number of nitrogens with zero attached hydrogens (tertiary/aromatic N) is 5. The number of nitrogens with two attached hydrogens (primary N) is 1. The average Bonchev–Trinajstić information content (AvgIpc) is 3.36. The zero-order valence-electron chi connectivity index (χ0n) is 21.9. The fourth-order valence-corrected chi connectivity index (χ4v) is 4.92. The van der Waals surface area contributed by atoms with Crippen LogP contribution in [0.15, 0.2) is 97.1 Å². The molecule has 0 unspecified atom stereocenters. The van der Waals surface area contributed by atoms with E-state index < -0.39 is 0 Å². The maximum Gasteiger partial charge on any atom is 0.252 e. The molecular formula is C32H26N6O2. The van der Waals surface area contributed by atoms with Gasteiger partial charge in [0.15, 0.2) is 5.65 Å². The predicted octanol–water partition coefficient (Wildman–Crippen LogP) is 6.20. The number of para-hydroxylation sites is 1. The van der Waals surface area contributed by atoms with Crippen molar-refractivity contribution >= 4 is 28.8 Å². The Morgan fingerprint density at radius 3 is 2.50 bits per heavy atom. The Bertz CT molecular complexity index is 1780. The van der Waals surface area contributed by atoms with Gasteiger partial charge in [0.1, 0.15) is 23.6 Å². The van der Waals surface area contributed by atoms with Gasteiger partial charge >= 0.3 is 0 Å². The van der Waals surface area contributed by atoms with Crippen molar-refractivity contribution in [1.29, 1.82) is 0 Å². The molecule has 1 amide bonds. The summed E-state index contributed by atoms with van der Waals surface area (Å²) in [4.78, 5) is 26.8. The maximum absolute atomic E-state index is 12.8. The molecule has 0 radical (unpaired) electrons. The van der Waals surface area contributed by atoms with Crippen molar-refractivity contribution in [2.75, 3.05) is 18.8 Å². The number of rotatable bonds is 6. The number of carbonyl (C=O) groups excluding carboxylic acids is 1. The highest BCUT2D eigenvalue weighted by Gasteiger charge is 2.29. The highest BCUT2D eigenvalue weighted by Crippen LogP contribution is 2.35. The van der Waals surface area contributed by atoms with Crippen LogP contribution < -0.4 is 10.5 Å². The summed E-state index contributed by atoms with van der Waals surface area (Å²) in [6.07, 6.45) is 5.07. The van der Waals surface area contributed by atoms with Gasteiger partial charge in [0.25, 0.3) is 11.6 Å². The summed E-state index contributed by atoms with van der Waals surface area (Å²) in [5.41, 5.74) is 10.5. The van der Waals surface area contributed by atoms with Gasteiger partial charge in [-0.3, -0.25) is 4.79 Å². The minimum Gasteiger partial charge on any atom is -0.457 e. The number of benzene rings is 3. The van der Waals surface area contributed by atoms with Gasteiger partial charge in [-0.15, -0.1) is 0 Å². The maximum atomic E-state index is 12.8. The molecule has 40 heavy (non-hydrogen) atoms. The first-order valence-corrected chi connectivity index (χ1v) is 12.9. The predicted molar refractivity (Wildman–Crippen MR) is 156 cm³/mol. The summed E-state index contributed by atoms with van der Waals surface area (Å²) in [7, 11) is 0. The highest BCUT2D eigenvalue weighted by molar-refractivity contribution is 6.02. The molecule has 1 fully saturated rings. The SMILES string of the molecule is [C-]#[N+]/C(=C\c1cccc(-n2cc(-c3ccc(Oc4ccccc4)cc3)c3c(N)ncnc32)c1)C(=O)N1CC(C)C1. The third kappa shape index (κ3) is 4.76. The van der Waals surface area contributed by atoms with Crippen LogP contribution in [0.4, 0.5) is 5.82 Å². The molecular weight excluding hydrogens is 500 g/mol. The molecule has 5 aromatic rings. The second-order valence-electron chi connectivity index (χ2n) is 9.86. The minimum absolute atomic E-state index is 0.103. The molecule has 0 bridgehead atoms. The van der Waals surface area contributed by atoms with Crippen molar-refractivity contribution in [2.24, 2.45) is 5.92 Å². The van der Waals surface area contributed by atoms with E-state index in [1.807, 2.05) is 89.6 Å². The molecule has 1 saturated heterocycles. The van der Waals surface area contributed by atoms with Gasteiger partial charge in [-0.25, -0.2) is 14.8 Å². The summed E-state index contributed by atoms with van der Waals surface area (Å²) >= 11 is 0. The van der Waals surface area contributed by atoms with E-state index in [0.717, 1.165) is 39.3 Å². The molecule has 0 aliphatic carbocycles. The third-order valence-electron chi connectivity index (χ3n) is 6.90. The fourth-order valence-electron chi connectivity index (χ4n) is 4.92. The minimum atomic E-state index is -0.229. The van der Waals surface area contributed by atoms with E-state index in [1.165, 1.54) is 6.33 Å². The zero-order chi connectivity index (χ0) is 27.6. The van der Waals surface area contributed by atoms with Crippen molar-refractivity contribution in [3.8, 4) is 28.3 Å². The van der Waals surface area contributed by atoms with Crippen molar-refractivity contribution in [2.45, 2.75) is 6.92 Å². The Balaban J connectivity index is 1.36. The van der Waals surface area contributed by atoms with Crippen LogP contribution in [0.25, 0.3) is 38.8 Å². The zero-order valence-corrected chi connectivity index (χ0v) is 21.9. The van der Waals surface area contributed by atoms with Gasteiger partial charge in [0, 0.05) is 30.5 Å². The largest absolute Gasteiger partial charge is 0.457 e. The highest BCUT2D eigenvalue weighted by atomic mass is 16.5. The van der Waals surface area contributed by atoms with E-state index in [-0.39, 0.29) is 11.6 Å². The first kappa shape index (κ1) is 24.9. The number of carbonyl (C=O) groups is 1. The lowest BCUT2D eigenvalue weighted by molar-refractivity contribution is -0.132. The standard InChI is InChI=1S/C32H26N6O2/c1-21-17-37(18-21)32(39)28(34-2)16-22-7-6-8-24(15-22)38-19-27(29-30(33)35-20-36-31(29)38)23-11-13-26(14-12-23)40-25-9-4-3-5-10-25/h3-16,19-21H,17-18H2,1H3,(H2,33,35,36)/b28-16-. The van der Waals surface area contributed by atoms with E-state index in [2.05, 4.69) is 21.7 Å². The average molecular weight is 527 g/mol. The number of fused-ring (bicyclic) bond motifs is 1. The van der Waals surface area contributed by atoms with Crippen molar-refractivity contribution < 1.29 is 9.53 Å². The van der Waals surface area contributed by atoms with Gasteiger partial charge in [-0.05, 0) is 59.5 Å². The van der Waals surface area contributed by atoms with Crippen LogP contribution >= 0.6 is 0 Å². The third-order valence-corrected chi connectivity index (χ3v) is 6.90. The molecule has 2 N–H and O–H groups in total. The first-order chi connectivity index (χ1) is 19.5. The second-order valence-corrected chi connectivity index (χ2v) is 9.86. The Morgan fingerprint density at radius 1 is 1.02 bits per heavy atom. The molecule has 8 nitrogen and oxygen atoms in total. The monoisotopic (exact) mass is 526 g/mol. The molecule has 8 heteroatoms. The Kier molecular flexibility index (Phi) is 6.46. The van der Waals surface area contributed by atoms with Crippen molar-refractivity contribution in [3.05, 3.63) is 114 Å². The fraction of sp³-hybridized carbons (Fsp3) is 0.125. The molecule has 0 saturated carbocycles. The molecule has 0 spiro atoms. The van der Waals surface area contributed by atoms with Gasteiger partial charge in [-0.2, -0.15) is 0 Å². The lowest BCUT2D eigenvalue weighted by Gasteiger charge is -2.37. The number of hydrogen-bond donors (Lipinski definition) is 1. The van der Waals surface area contributed by atoms with E-state index in [9.17, 15) is 4.79 Å². The Labute approximate surface area is 231 Å². The molecule has 1 aliphatic heterocycles. The summed E-state index contributed by atoms with van der Waals surface area (Å²) < 4.78 is 7.90. The van der Waals surface area contributed by atoms with E-state index in [4.69, 9.17) is 17.0 Å². The topological polar surface area (TPSA) is 90.6 Å². The second kappa shape index (κ2) is 10.4. The summed E-state index contributed by atoms with van der Waals surface area (Å²) in [6.45, 7) is 11.0. The van der Waals surface area contributed by atoms with Crippen LogP contribution in [-0.4, -0.2) is 38.4 Å². The number of hydrogen-bond acceptors (Lipinski definition) is 5. The van der Waals surface area contributed by atoms with Crippen LogP contribution in [0.1, 0.15) is 12.5 Å². The van der Waals surface area contributed by atoms with E-state index in [0.29, 0.717) is 30.5 Å². The molecule has 2 aromatic heterocycles. The van der Waals surface area contributed by atoms with Crippen molar-refractivity contribution in [3.63, 3.8) is 0 Å². The number of amides is 1. The number of anilines is 1. The van der Waals surface area contributed by atoms with Gasteiger partial charge in [0.2, 0.25) is 0 Å². The molecule has 1 aliphatic rings. The first-order valence-electron chi connectivity index (χ1n) is 12.9. The van der Waals surface area contributed by atoms with Gasteiger partial charge in [-0.1, -0.05) is 49.4 Å². The Morgan fingerprint density at radius 2 is 1.77 bits per heavy atom.